The third-order valence-electron chi connectivity index (χ3n) is 4.74. The first-order chi connectivity index (χ1) is 11.2. The van der Waals surface area contributed by atoms with E-state index in [1.165, 1.54) is 5.56 Å². The summed E-state index contributed by atoms with van der Waals surface area (Å²) in [6, 6.07) is 14.5. The van der Waals surface area contributed by atoms with Crippen molar-refractivity contribution in [3.63, 3.8) is 0 Å². The van der Waals surface area contributed by atoms with Crippen LogP contribution in [0.3, 0.4) is 0 Å². The third-order valence-corrected chi connectivity index (χ3v) is 4.74. The maximum Gasteiger partial charge on any atom is 0.255 e. The minimum absolute atomic E-state index is 0.103. The fourth-order valence-electron chi connectivity index (χ4n) is 3.49. The van der Waals surface area contributed by atoms with Crippen molar-refractivity contribution in [2.45, 2.75) is 25.3 Å². The average molecular weight is 305 g/mol. The Morgan fingerprint density at radius 2 is 2.00 bits per heavy atom. The lowest BCUT2D eigenvalue weighted by atomic mass is 9.97. The molecular formula is C19H19N3O. The average Bonchev–Trinajstić information content (AvgIpc) is 3.20. The number of likely N-dealkylation sites (tertiary alicyclic amines) is 1. The van der Waals surface area contributed by atoms with E-state index in [4.69, 9.17) is 0 Å². The number of amides is 1. The van der Waals surface area contributed by atoms with Crippen molar-refractivity contribution < 1.29 is 4.79 Å². The number of carbonyl (C=O) groups is 1. The molecule has 116 valence electrons. The summed E-state index contributed by atoms with van der Waals surface area (Å²) in [6.07, 6.45) is 6.50. The molecule has 1 aliphatic heterocycles. The molecule has 4 nitrogen and oxygen atoms in total. The van der Waals surface area contributed by atoms with E-state index in [0.29, 0.717) is 5.92 Å². The Labute approximate surface area is 135 Å². The lowest BCUT2D eigenvalue weighted by Gasteiger charge is -2.21. The highest BCUT2D eigenvalue weighted by molar-refractivity contribution is 5.94. The molecule has 2 aromatic heterocycles. The molecule has 0 N–H and O–H groups in total. The molecule has 3 aromatic rings. The molecular weight excluding hydrogens is 286 g/mol. The van der Waals surface area contributed by atoms with E-state index in [-0.39, 0.29) is 11.9 Å². The first-order valence-corrected chi connectivity index (χ1v) is 8.01. The van der Waals surface area contributed by atoms with Crippen molar-refractivity contribution >= 4 is 11.6 Å². The van der Waals surface area contributed by atoms with Crippen LogP contribution in [0.1, 0.15) is 35.2 Å². The number of rotatable bonds is 2. The number of hydrogen-bond donors (Lipinski definition) is 0. The van der Waals surface area contributed by atoms with Crippen molar-refractivity contribution in [2.24, 2.45) is 0 Å². The number of benzene rings is 1. The molecule has 0 radical (unpaired) electrons. The maximum atomic E-state index is 12.9. The van der Waals surface area contributed by atoms with E-state index >= 15 is 0 Å². The number of nitrogens with zero attached hydrogens (tertiary/aromatic N) is 3. The fourth-order valence-corrected chi connectivity index (χ4v) is 3.49. The summed E-state index contributed by atoms with van der Waals surface area (Å²) in [5.74, 6) is 0.527. The normalized spacial score (nSPS) is 21.0. The standard InChI is InChI=1S/C19H19N3O/c1-14-11-17(15-5-3-2-4-6-15)13-22(14)19(23)16-7-8-18-20-9-10-21(18)12-16/h2-10,12,14,17H,11,13H2,1H3/t14-,17+/m1/s1. The molecule has 0 unspecified atom stereocenters. The number of pyridine rings is 1. The Bertz CT molecular complexity index is 840. The van der Waals surface area contributed by atoms with Gasteiger partial charge in [-0.3, -0.25) is 4.79 Å². The Hall–Kier alpha value is -2.62. The van der Waals surface area contributed by atoms with Gasteiger partial charge in [-0.2, -0.15) is 0 Å². The molecule has 1 aromatic carbocycles. The summed E-state index contributed by atoms with van der Waals surface area (Å²) in [5, 5.41) is 0. The van der Waals surface area contributed by atoms with Crippen LogP contribution in [0.5, 0.6) is 0 Å². The molecule has 2 atom stereocenters. The van der Waals surface area contributed by atoms with Crippen LogP contribution in [0.25, 0.3) is 5.65 Å². The Kier molecular flexibility index (Phi) is 3.37. The zero-order chi connectivity index (χ0) is 15.8. The van der Waals surface area contributed by atoms with Crippen LogP contribution in [0.4, 0.5) is 0 Å². The minimum atomic E-state index is 0.103. The van der Waals surface area contributed by atoms with E-state index in [1.807, 2.05) is 39.9 Å². The monoisotopic (exact) mass is 305 g/mol. The summed E-state index contributed by atoms with van der Waals surface area (Å²) >= 11 is 0. The summed E-state index contributed by atoms with van der Waals surface area (Å²) in [7, 11) is 0. The molecule has 23 heavy (non-hydrogen) atoms. The molecule has 0 bridgehead atoms. The molecule has 0 spiro atoms. The number of fused-ring (bicyclic) bond motifs is 1. The Morgan fingerprint density at radius 3 is 2.83 bits per heavy atom. The van der Waals surface area contributed by atoms with Crippen LogP contribution in [-0.2, 0) is 0 Å². The molecule has 3 heterocycles. The fraction of sp³-hybridized carbons (Fsp3) is 0.263. The highest BCUT2D eigenvalue weighted by Crippen LogP contribution is 2.32. The lowest BCUT2D eigenvalue weighted by molar-refractivity contribution is 0.0745. The Balaban J connectivity index is 1.58. The predicted octanol–water partition coefficient (Wildman–Crippen LogP) is 3.35. The number of carbonyl (C=O) groups excluding carboxylic acids is 1. The molecule has 4 rings (SSSR count). The van der Waals surface area contributed by atoms with Crippen LogP contribution in [0, 0.1) is 0 Å². The second-order valence-electron chi connectivity index (χ2n) is 6.26. The van der Waals surface area contributed by atoms with Gasteiger partial charge in [0.1, 0.15) is 5.65 Å². The van der Waals surface area contributed by atoms with Crippen LogP contribution in [0.15, 0.2) is 61.1 Å². The van der Waals surface area contributed by atoms with Gasteiger partial charge in [-0.05, 0) is 31.0 Å². The van der Waals surface area contributed by atoms with Gasteiger partial charge in [-0.1, -0.05) is 30.3 Å². The highest BCUT2D eigenvalue weighted by atomic mass is 16.2. The zero-order valence-corrected chi connectivity index (χ0v) is 13.1. The highest BCUT2D eigenvalue weighted by Gasteiger charge is 2.33. The van der Waals surface area contributed by atoms with Crippen LogP contribution >= 0.6 is 0 Å². The van der Waals surface area contributed by atoms with E-state index in [1.54, 1.807) is 6.20 Å². The smallest absolute Gasteiger partial charge is 0.255 e. The number of hydrogen-bond acceptors (Lipinski definition) is 2. The van der Waals surface area contributed by atoms with Gasteiger partial charge in [0.15, 0.2) is 0 Å². The van der Waals surface area contributed by atoms with Crippen molar-refractivity contribution in [3.8, 4) is 0 Å². The first-order valence-electron chi connectivity index (χ1n) is 8.01. The molecule has 1 saturated heterocycles. The molecule has 0 aliphatic carbocycles. The van der Waals surface area contributed by atoms with E-state index in [9.17, 15) is 4.79 Å². The SMILES string of the molecule is C[C@@H]1C[C@H](c2ccccc2)CN1C(=O)c1ccc2nccn2c1. The predicted molar refractivity (Wildman–Crippen MR) is 89.5 cm³/mol. The van der Waals surface area contributed by atoms with Gasteiger partial charge in [-0.15, -0.1) is 0 Å². The topological polar surface area (TPSA) is 37.6 Å². The van der Waals surface area contributed by atoms with Gasteiger partial charge < -0.3 is 9.30 Å². The van der Waals surface area contributed by atoms with Crippen LogP contribution < -0.4 is 0 Å². The van der Waals surface area contributed by atoms with Crippen LogP contribution in [-0.4, -0.2) is 32.8 Å². The second-order valence-corrected chi connectivity index (χ2v) is 6.26. The maximum absolute atomic E-state index is 12.9. The van der Waals surface area contributed by atoms with Crippen molar-refractivity contribution in [1.82, 2.24) is 14.3 Å². The summed E-state index contributed by atoms with van der Waals surface area (Å²) in [6.45, 7) is 2.92. The van der Waals surface area contributed by atoms with E-state index < -0.39 is 0 Å². The molecule has 1 fully saturated rings. The van der Waals surface area contributed by atoms with Gasteiger partial charge in [-0.25, -0.2) is 4.98 Å². The lowest BCUT2D eigenvalue weighted by Crippen LogP contribution is -2.34. The van der Waals surface area contributed by atoms with Crippen LogP contribution in [0.2, 0.25) is 0 Å². The van der Waals surface area contributed by atoms with Crippen molar-refractivity contribution in [3.05, 3.63) is 72.2 Å². The molecule has 1 amide bonds. The first kappa shape index (κ1) is 14.0. The van der Waals surface area contributed by atoms with Gasteiger partial charge in [0, 0.05) is 37.1 Å². The number of aromatic nitrogens is 2. The van der Waals surface area contributed by atoms with Gasteiger partial charge in [0.05, 0.1) is 5.56 Å². The molecule has 4 heteroatoms. The number of imidazole rings is 1. The molecule has 0 saturated carbocycles. The van der Waals surface area contributed by atoms with E-state index in [2.05, 4.69) is 36.2 Å². The minimum Gasteiger partial charge on any atom is -0.335 e. The van der Waals surface area contributed by atoms with Gasteiger partial charge in [0.2, 0.25) is 0 Å². The largest absolute Gasteiger partial charge is 0.335 e. The summed E-state index contributed by atoms with van der Waals surface area (Å²) in [5.41, 5.74) is 2.90. The Morgan fingerprint density at radius 1 is 1.17 bits per heavy atom. The third kappa shape index (κ3) is 2.50. The van der Waals surface area contributed by atoms with Gasteiger partial charge in [0.25, 0.3) is 5.91 Å². The van der Waals surface area contributed by atoms with E-state index in [0.717, 1.165) is 24.2 Å². The quantitative estimate of drug-likeness (QED) is 0.728. The zero-order valence-electron chi connectivity index (χ0n) is 13.1. The molecule has 1 aliphatic rings. The van der Waals surface area contributed by atoms with Crippen molar-refractivity contribution in [1.29, 1.82) is 0 Å². The van der Waals surface area contributed by atoms with Gasteiger partial charge >= 0.3 is 0 Å². The van der Waals surface area contributed by atoms with Crippen molar-refractivity contribution in [2.75, 3.05) is 6.54 Å². The summed E-state index contributed by atoms with van der Waals surface area (Å²) < 4.78 is 1.89. The summed E-state index contributed by atoms with van der Waals surface area (Å²) in [4.78, 5) is 19.1. The second kappa shape index (κ2) is 5.54.